The van der Waals surface area contributed by atoms with Gasteiger partial charge in [-0.15, -0.1) is 0 Å². The third-order valence-corrected chi connectivity index (χ3v) is 10.8. The molecule has 0 heterocycles. The van der Waals surface area contributed by atoms with Gasteiger partial charge in [-0.3, -0.25) is 14.4 Å². The standard InChI is InChI=1S/C27H42O5/c1-15(25(31)32)5-8-22(29)16(2)24-23(30)14-21-19-7-6-17-13-18(28)9-11-26(17,3)20(19)10-12-27(21,24)4/h15-21,24,28H,5-14H2,1-4H3,(H,31,32)/t15?,16?,17?,18?,19-,20+,21+,24+,26+,27+/m1/s1. The van der Waals surface area contributed by atoms with E-state index < -0.39 is 11.9 Å². The molecule has 5 heteroatoms. The van der Waals surface area contributed by atoms with Crippen LogP contribution in [0.15, 0.2) is 0 Å². The Morgan fingerprint density at radius 1 is 1.03 bits per heavy atom. The zero-order valence-corrected chi connectivity index (χ0v) is 20.3. The van der Waals surface area contributed by atoms with Crippen LogP contribution in [0, 0.1) is 52.3 Å². The van der Waals surface area contributed by atoms with E-state index in [9.17, 15) is 19.5 Å². The number of carboxylic acid groups (broad SMARTS) is 1. The van der Waals surface area contributed by atoms with E-state index in [1.807, 2.05) is 6.92 Å². The number of aliphatic hydroxyl groups is 1. The maximum absolute atomic E-state index is 13.3. The van der Waals surface area contributed by atoms with E-state index in [2.05, 4.69) is 13.8 Å². The van der Waals surface area contributed by atoms with E-state index in [0.29, 0.717) is 36.5 Å². The first kappa shape index (κ1) is 23.9. The number of Topliss-reactive ketones (excluding diaryl/α,β-unsaturated/α-hetero) is 2. The summed E-state index contributed by atoms with van der Waals surface area (Å²) in [6.45, 7) is 8.27. The van der Waals surface area contributed by atoms with Gasteiger partial charge in [0.25, 0.3) is 0 Å². The van der Waals surface area contributed by atoms with E-state index in [0.717, 1.165) is 44.9 Å². The van der Waals surface area contributed by atoms with Crippen LogP contribution in [0.1, 0.15) is 91.9 Å². The topological polar surface area (TPSA) is 91.7 Å². The summed E-state index contributed by atoms with van der Waals surface area (Å²) in [6, 6.07) is 0. The molecule has 4 fully saturated rings. The van der Waals surface area contributed by atoms with E-state index in [-0.39, 0.29) is 46.8 Å². The Labute approximate surface area is 192 Å². The molecule has 0 bridgehead atoms. The predicted molar refractivity (Wildman–Crippen MR) is 122 cm³/mol. The zero-order chi connectivity index (χ0) is 23.4. The number of fused-ring (bicyclic) bond motifs is 5. The first-order chi connectivity index (χ1) is 15.0. The Kier molecular flexibility index (Phi) is 6.37. The molecule has 2 N–H and O–H groups in total. The van der Waals surface area contributed by atoms with Crippen molar-refractivity contribution < 1.29 is 24.6 Å². The third-order valence-electron chi connectivity index (χ3n) is 10.8. The summed E-state index contributed by atoms with van der Waals surface area (Å²) in [4.78, 5) is 37.5. The summed E-state index contributed by atoms with van der Waals surface area (Å²) in [5, 5.41) is 19.4. The van der Waals surface area contributed by atoms with Crippen molar-refractivity contribution >= 4 is 17.5 Å². The van der Waals surface area contributed by atoms with Gasteiger partial charge >= 0.3 is 5.97 Å². The molecule has 180 valence electrons. The number of carbonyl (C=O) groups is 3. The molecule has 0 aliphatic heterocycles. The van der Waals surface area contributed by atoms with Crippen molar-refractivity contribution in [1.29, 1.82) is 0 Å². The monoisotopic (exact) mass is 446 g/mol. The quantitative estimate of drug-likeness (QED) is 0.606. The number of carbonyl (C=O) groups excluding carboxylic acids is 2. The molecule has 0 spiro atoms. The van der Waals surface area contributed by atoms with Crippen molar-refractivity contribution in [3.8, 4) is 0 Å². The molecule has 10 atom stereocenters. The lowest BCUT2D eigenvalue weighted by Gasteiger charge is -2.61. The number of rotatable bonds is 6. The molecule has 0 aromatic carbocycles. The SMILES string of the molecule is CC(CCC(=O)C(C)[C@H]1C(=O)C[C@H]2[C@@H]3CCC4CC(O)CC[C@]4(C)[C@H]3CC[C@]12C)C(=O)O. The van der Waals surface area contributed by atoms with E-state index in [1.165, 1.54) is 0 Å². The highest BCUT2D eigenvalue weighted by atomic mass is 16.4. The number of aliphatic carboxylic acids is 1. The Hall–Kier alpha value is -1.23. The summed E-state index contributed by atoms with van der Waals surface area (Å²) in [5.41, 5.74) is 0.155. The van der Waals surface area contributed by atoms with Gasteiger partial charge in [-0.2, -0.15) is 0 Å². The van der Waals surface area contributed by atoms with Gasteiger partial charge in [0.1, 0.15) is 11.6 Å². The Bertz CT molecular complexity index is 776. The number of ketones is 2. The van der Waals surface area contributed by atoms with Gasteiger partial charge in [0.05, 0.1) is 12.0 Å². The van der Waals surface area contributed by atoms with Crippen LogP contribution in [0.4, 0.5) is 0 Å². The minimum absolute atomic E-state index is 0.0531. The smallest absolute Gasteiger partial charge is 0.306 e. The van der Waals surface area contributed by atoms with Crippen LogP contribution in [0.3, 0.4) is 0 Å². The van der Waals surface area contributed by atoms with Crippen LogP contribution in [0.2, 0.25) is 0 Å². The molecule has 32 heavy (non-hydrogen) atoms. The lowest BCUT2D eigenvalue weighted by molar-refractivity contribution is -0.142. The van der Waals surface area contributed by atoms with Crippen molar-refractivity contribution in [2.24, 2.45) is 52.3 Å². The maximum atomic E-state index is 13.3. The Morgan fingerprint density at radius 2 is 1.72 bits per heavy atom. The summed E-state index contributed by atoms with van der Waals surface area (Å²) < 4.78 is 0. The first-order valence-corrected chi connectivity index (χ1v) is 12.9. The molecule has 4 aliphatic carbocycles. The second-order valence-corrected chi connectivity index (χ2v) is 12.3. The molecule has 4 aliphatic rings. The van der Waals surface area contributed by atoms with Crippen LogP contribution in [-0.4, -0.2) is 33.9 Å². The Morgan fingerprint density at radius 3 is 2.41 bits per heavy atom. The number of hydrogen-bond donors (Lipinski definition) is 2. The van der Waals surface area contributed by atoms with Gasteiger partial charge in [-0.1, -0.05) is 27.7 Å². The van der Waals surface area contributed by atoms with E-state index in [4.69, 9.17) is 5.11 Å². The molecule has 4 unspecified atom stereocenters. The van der Waals surface area contributed by atoms with Crippen molar-refractivity contribution in [1.82, 2.24) is 0 Å². The molecule has 0 radical (unpaired) electrons. The summed E-state index contributed by atoms with van der Waals surface area (Å²) in [7, 11) is 0. The van der Waals surface area contributed by atoms with Gasteiger partial charge in [0, 0.05) is 24.7 Å². The third kappa shape index (κ3) is 3.76. The van der Waals surface area contributed by atoms with E-state index in [1.54, 1.807) is 6.92 Å². The summed E-state index contributed by atoms with van der Waals surface area (Å²) >= 11 is 0. The normalized spacial score (nSPS) is 45.3. The second kappa shape index (κ2) is 8.52. The van der Waals surface area contributed by atoms with Crippen LogP contribution in [0.25, 0.3) is 0 Å². The lowest BCUT2D eigenvalue weighted by atomic mass is 9.44. The molecule has 0 aromatic heterocycles. The van der Waals surface area contributed by atoms with Crippen LogP contribution < -0.4 is 0 Å². The van der Waals surface area contributed by atoms with Gasteiger partial charge in [-0.05, 0) is 85.9 Å². The minimum atomic E-state index is -0.868. The number of hydrogen-bond acceptors (Lipinski definition) is 4. The van der Waals surface area contributed by atoms with Gasteiger partial charge < -0.3 is 10.2 Å². The molecular weight excluding hydrogens is 404 g/mol. The fraction of sp³-hybridized carbons (Fsp3) is 0.889. The minimum Gasteiger partial charge on any atom is -0.481 e. The fourth-order valence-corrected chi connectivity index (χ4v) is 8.81. The van der Waals surface area contributed by atoms with Crippen molar-refractivity contribution in [2.45, 2.75) is 98.0 Å². The molecule has 0 amide bonds. The summed E-state index contributed by atoms with van der Waals surface area (Å²) in [6.07, 6.45) is 8.41. The molecular formula is C27H42O5. The zero-order valence-electron chi connectivity index (χ0n) is 20.3. The number of aliphatic hydroxyl groups excluding tert-OH is 1. The molecule has 5 nitrogen and oxygen atoms in total. The second-order valence-electron chi connectivity index (χ2n) is 12.3. The fourth-order valence-electron chi connectivity index (χ4n) is 8.81. The average Bonchev–Trinajstić information content (AvgIpc) is 3.01. The van der Waals surface area contributed by atoms with Gasteiger partial charge in [0.15, 0.2) is 0 Å². The highest BCUT2D eigenvalue weighted by Crippen LogP contribution is 2.67. The van der Waals surface area contributed by atoms with Crippen LogP contribution in [0.5, 0.6) is 0 Å². The number of carboxylic acids is 1. The lowest BCUT2D eigenvalue weighted by Crippen LogP contribution is -2.54. The van der Waals surface area contributed by atoms with E-state index >= 15 is 0 Å². The molecule has 4 saturated carbocycles. The Balaban J connectivity index is 1.51. The van der Waals surface area contributed by atoms with Gasteiger partial charge in [-0.25, -0.2) is 0 Å². The van der Waals surface area contributed by atoms with Crippen molar-refractivity contribution in [3.63, 3.8) is 0 Å². The van der Waals surface area contributed by atoms with Crippen LogP contribution in [-0.2, 0) is 14.4 Å². The highest BCUT2D eigenvalue weighted by Gasteiger charge is 2.63. The van der Waals surface area contributed by atoms with Crippen molar-refractivity contribution in [3.05, 3.63) is 0 Å². The van der Waals surface area contributed by atoms with Crippen LogP contribution >= 0.6 is 0 Å². The molecule has 0 saturated heterocycles. The maximum Gasteiger partial charge on any atom is 0.306 e. The van der Waals surface area contributed by atoms with Crippen molar-refractivity contribution in [2.75, 3.05) is 0 Å². The molecule has 0 aromatic rings. The first-order valence-electron chi connectivity index (χ1n) is 12.9. The highest BCUT2D eigenvalue weighted by molar-refractivity contribution is 5.92. The largest absolute Gasteiger partial charge is 0.481 e. The predicted octanol–water partition coefficient (Wildman–Crippen LogP) is 4.89. The molecule has 4 rings (SSSR count). The van der Waals surface area contributed by atoms with Gasteiger partial charge in [0.2, 0.25) is 0 Å². The average molecular weight is 447 g/mol. The summed E-state index contributed by atoms with van der Waals surface area (Å²) in [5.74, 6) is 0.495.